The highest BCUT2D eigenvalue weighted by Gasteiger charge is 2.21. The number of aryl methyl sites for hydroxylation is 1. The maximum absolute atomic E-state index is 12.2. The summed E-state index contributed by atoms with van der Waals surface area (Å²) in [5.41, 5.74) is 0. The van der Waals surface area contributed by atoms with Crippen LogP contribution in [0.5, 0.6) is 0 Å². The van der Waals surface area contributed by atoms with Crippen LogP contribution < -0.4 is 10.0 Å². The van der Waals surface area contributed by atoms with E-state index in [4.69, 9.17) is 4.42 Å². The molecule has 0 fully saturated rings. The minimum atomic E-state index is -3.63. The molecule has 9 heteroatoms. The largest absolute Gasteiger partial charge is 0.464 e. The fourth-order valence-electron chi connectivity index (χ4n) is 1.68. The van der Waals surface area contributed by atoms with Crippen LogP contribution in [0.2, 0.25) is 0 Å². The predicted molar refractivity (Wildman–Crippen MR) is 71.2 cm³/mol. The van der Waals surface area contributed by atoms with E-state index in [0.717, 1.165) is 6.54 Å². The van der Waals surface area contributed by atoms with E-state index in [-0.39, 0.29) is 11.4 Å². The van der Waals surface area contributed by atoms with Gasteiger partial charge in [-0.25, -0.2) is 18.1 Å². The Balaban J connectivity index is 2.10. The average Bonchev–Trinajstić information content (AvgIpc) is 3.03. The maximum Gasteiger partial charge on any atom is 0.244 e. The minimum Gasteiger partial charge on any atom is -0.464 e. The van der Waals surface area contributed by atoms with Crippen molar-refractivity contribution in [2.45, 2.75) is 31.8 Å². The molecule has 2 aromatic rings. The summed E-state index contributed by atoms with van der Waals surface area (Å²) in [6, 6.07) is 1.53. The van der Waals surface area contributed by atoms with Crippen LogP contribution in [0, 0.1) is 6.92 Å². The SMILES string of the molecule is CCNCc1cc(S(=O)(=O)NCc2ncn[nH]2)c(C)o1. The second-order valence-electron chi connectivity index (χ2n) is 4.17. The van der Waals surface area contributed by atoms with E-state index in [1.165, 1.54) is 12.4 Å². The molecular weight excluding hydrogens is 282 g/mol. The first-order valence-corrected chi connectivity index (χ1v) is 7.65. The van der Waals surface area contributed by atoms with Crippen LogP contribution in [0.3, 0.4) is 0 Å². The number of hydrogen-bond donors (Lipinski definition) is 3. The molecule has 2 aromatic heterocycles. The number of H-pyrrole nitrogens is 1. The van der Waals surface area contributed by atoms with Gasteiger partial charge in [0.05, 0.1) is 13.1 Å². The van der Waals surface area contributed by atoms with Gasteiger partial charge in [0.25, 0.3) is 0 Å². The normalized spacial score (nSPS) is 11.9. The smallest absolute Gasteiger partial charge is 0.244 e. The summed E-state index contributed by atoms with van der Waals surface area (Å²) in [7, 11) is -3.63. The van der Waals surface area contributed by atoms with Crippen LogP contribution in [-0.4, -0.2) is 30.1 Å². The van der Waals surface area contributed by atoms with Crippen molar-refractivity contribution in [2.75, 3.05) is 6.54 Å². The fraction of sp³-hybridized carbons (Fsp3) is 0.455. The summed E-state index contributed by atoms with van der Waals surface area (Å²) < 4.78 is 32.2. The molecule has 0 radical (unpaired) electrons. The summed E-state index contributed by atoms with van der Waals surface area (Å²) in [5, 5.41) is 9.32. The molecule has 0 aliphatic rings. The van der Waals surface area contributed by atoms with Crippen LogP contribution in [0.15, 0.2) is 21.7 Å². The van der Waals surface area contributed by atoms with Gasteiger partial charge in [0.1, 0.15) is 28.6 Å². The van der Waals surface area contributed by atoms with Crippen molar-refractivity contribution >= 4 is 10.0 Å². The molecule has 8 nitrogen and oxygen atoms in total. The molecule has 0 aliphatic carbocycles. The molecule has 110 valence electrons. The molecule has 2 heterocycles. The van der Waals surface area contributed by atoms with Crippen LogP contribution >= 0.6 is 0 Å². The number of aromatic amines is 1. The molecule has 0 aromatic carbocycles. The molecule has 0 bridgehead atoms. The first kappa shape index (κ1) is 14.7. The Kier molecular flexibility index (Phi) is 4.53. The molecule has 0 saturated heterocycles. The van der Waals surface area contributed by atoms with E-state index < -0.39 is 10.0 Å². The van der Waals surface area contributed by atoms with Crippen molar-refractivity contribution in [1.82, 2.24) is 25.2 Å². The summed E-state index contributed by atoms with van der Waals surface area (Å²) in [6.45, 7) is 4.92. The topological polar surface area (TPSA) is 113 Å². The van der Waals surface area contributed by atoms with Crippen molar-refractivity contribution in [3.05, 3.63) is 29.7 Å². The van der Waals surface area contributed by atoms with Crippen LogP contribution in [0.25, 0.3) is 0 Å². The highest BCUT2D eigenvalue weighted by atomic mass is 32.2. The summed E-state index contributed by atoms with van der Waals surface area (Å²) in [4.78, 5) is 4.00. The van der Waals surface area contributed by atoms with Gasteiger partial charge in [0, 0.05) is 6.07 Å². The van der Waals surface area contributed by atoms with Gasteiger partial charge in [0.15, 0.2) is 0 Å². The molecule has 0 aliphatic heterocycles. The number of sulfonamides is 1. The molecule has 0 amide bonds. The Bertz CT molecular complexity index is 648. The van der Waals surface area contributed by atoms with Crippen molar-refractivity contribution in [2.24, 2.45) is 0 Å². The first-order chi connectivity index (χ1) is 9.53. The lowest BCUT2D eigenvalue weighted by Crippen LogP contribution is -2.24. The zero-order valence-corrected chi connectivity index (χ0v) is 12.1. The lowest BCUT2D eigenvalue weighted by molar-refractivity contribution is 0.460. The van der Waals surface area contributed by atoms with Gasteiger partial charge in [0.2, 0.25) is 10.0 Å². The molecule has 0 saturated carbocycles. The van der Waals surface area contributed by atoms with Gasteiger partial charge in [-0.3, -0.25) is 5.10 Å². The van der Waals surface area contributed by atoms with E-state index in [1.54, 1.807) is 6.92 Å². The van der Waals surface area contributed by atoms with Gasteiger partial charge in [-0.15, -0.1) is 0 Å². The Labute approximate surface area is 117 Å². The minimum absolute atomic E-state index is 0.0511. The Morgan fingerprint density at radius 1 is 1.40 bits per heavy atom. The predicted octanol–water partition coefficient (Wildman–Crippen LogP) is 0.294. The first-order valence-electron chi connectivity index (χ1n) is 6.17. The third-order valence-electron chi connectivity index (χ3n) is 2.66. The summed E-state index contributed by atoms with van der Waals surface area (Å²) >= 11 is 0. The number of hydrogen-bond acceptors (Lipinski definition) is 6. The van der Waals surface area contributed by atoms with Crippen LogP contribution in [0.1, 0.15) is 24.3 Å². The number of nitrogens with one attached hydrogen (secondary N) is 3. The summed E-state index contributed by atoms with van der Waals surface area (Å²) in [5.74, 6) is 1.40. The second-order valence-corrected chi connectivity index (χ2v) is 5.91. The lowest BCUT2D eigenvalue weighted by Gasteiger charge is -2.02. The van der Waals surface area contributed by atoms with Crippen molar-refractivity contribution in [3.8, 4) is 0 Å². The molecular formula is C11H17N5O3S. The monoisotopic (exact) mass is 299 g/mol. The number of nitrogens with zero attached hydrogens (tertiary/aromatic N) is 2. The third-order valence-corrected chi connectivity index (χ3v) is 4.17. The quantitative estimate of drug-likeness (QED) is 0.677. The molecule has 0 unspecified atom stereocenters. The highest BCUT2D eigenvalue weighted by molar-refractivity contribution is 7.89. The third kappa shape index (κ3) is 3.44. The van der Waals surface area contributed by atoms with Gasteiger partial charge in [-0.05, 0) is 13.5 Å². The maximum atomic E-state index is 12.2. The lowest BCUT2D eigenvalue weighted by atomic mass is 10.4. The highest BCUT2D eigenvalue weighted by Crippen LogP contribution is 2.19. The van der Waals surface area contributed by atoms with Gasteiger partial charge >= 0.3 is 0 Å². The van der Waals surface area contributed by atoms with Crippen LogP contribution in [-0.2, 0) is 23.1 Å². The molecule has 0 atom stereocenters. The number of rotatable bonds is 7. The molecule has 3 N–H and O–H groups in total. The van der Waals surface area contributed by atoms with E-state index >= 15 is 0 Å². The Morgan fingerprint density at radius 2 is 2.20 bits per heavy atom. The van der Waals surface area contributed by atoms with E-state index in [0.29, 0.717) is 23.9 Å². The molecule has 2 rings (SSSR count). The van der Waals surface area contributed by atoms with Crippen molar-refractivity contribution < 1.29 is 12.8 Å². The Morgan fingerprint density at radius 3 is 2.85 bits per heavy atom. The van der Waals surface area contributed by atoms with Gasteiger partial charge in [-0.2, -0.15) is 5.10 Å². The Hall–Kier alpha value is -1.71. The van der Waals surface area contributed by atoms with Crippen molar-refractivity contribution in [1.29, 1.82) is 0 Å². The zero-order valence-electron chi connectivity index (χ0n) is 11.3. The van der Waals surface area contributed by atoms with Crippen LogP contribution in [0.4, 0.5) is 0 Å². The van der Waals surface area contributed by atoms with Crippen molar-refractivity contribution in [3.63, 3.8) is 0 Å². The van der Waals surface area contributed by atoms with E-state index in [9.17, 15) is 8.42 Å². The zero-order chi connectivity index (χ0) is 14.6. The number of aromatic nitrogens is 3. The second kappa shape index (κ2) is 6.16. The van der Waals surface area contributed by atoms with E-state index in [2.05, 4.69) is 25.2 Å². The molecule has 0 spiro atoms. The summed E-state index contributed by atoms with van der Waals surface area (Å²) in [6.07, 6.45) is 1.32. The number of furan rings is 1. The van der Waals surface area contributed by atoms with Gasteiger partial charge < -0.3 is 9.73 Å². The van der Waals surface area contributed by atoms with Gasteiger partial charge in [-0.1, -0.05) is 6.92 Å². The standard InChI is InChI=1S/C11H17N5O3S/c1-3-12-5-9-4-10(8(2)19-9)20(17,18)15-6-11-13-7-14-16-11/h4,7,12,15H,3,5-6H2,1-2H3,(H,13,14,16). The van der Waals surface area contributed by atoms with E-state index in [1.807, 2.05) is 6.92 Å². The fourth-order valence-corrected chi connectivity index (χ4v) is 2.87. The average molecular weight is 299 g/mol. The molecule has 20 heavy (non-hydrogen) atoms.